The molecule has 0 aliphatic heterocycles. The van der Waals surface area contributed by atoms with E-state index in [0.29, 0.717) is 6.42 Å². The summed E-state index contributed by atoms with van der Waals surface area (Å²) in [6, 6.07) is 6.07. The van der Waals surface area contributed by atoms with E-state index < -0.39 is 0 Å². The fraction of sp³-hybridized carbons (Fsp3) is 0.417. The van der Waals surface area contributed by atoms with Crippen LogP contribution in [0.2, 0.25) is 0 Å². The summed E-state index contributed by atoms with van der Waals surface area (Å²) in [6.07, 6.45) is 1.49. The predicted octanol–water partition coefficient (Wildman–Crippen LogP) is 2.70. The van der Waals surface area contributed by atoms with Gasteiger partial charge in [-0.2, -0.15) is 0 Å². The SMILES string of the molecule is COc1cc(C)ccc1C(C)CC=O. The first-order valence-corrected chi connectivity index (χ1v) is 4.77. The van der Waals surface area contributed by atoms with Gasteiger partial charge in [0.05, 0.1) is 7.11 Å². The second kappa shape index (κ2) is 4.80. The first kappa shape index (κ1) is 10.8. The van der Waals surface area contributed by atoms with Crippen LogP contribution >= 0.6 is 0 Å². The smallest absolute Gasteiger partial charge is 0.122 e. The van der Waals surface area contributed by atoms with Crippen LogP contribution in [0.1, 0.15) is 30.4 Å². The van der Waals surface area contributed by atoms with E-state index in [-0.39, 0.29) is 5.92 Å². The van der Waals surface area contributed by atoms with Crippen LogP contribution in [0.3, 0.4) is 0 Å². The molecule has 0 heterocycles. The van der Waals surface area contributed by atoms with Crippen molar-refractivity contribution in [2.75, 3.05) is 7.11 Å². The Kier molecular flexibility index (Phi) is 3.69. The molecule has 1 aromatic rings. The molecule has 0 aromatic heterocycles. The number of benzene rings is 1. The summed E-state index contributed by atoms with van der Waals surface area (Å²) >= 11 is 0. The van der Waals surface area contributed by atoms with Gasteiger partial charge in [-0.3, -0.25) is 0 Å². The van der Waals surface area contributed by atoms with Crippen molar-refractivity contribution in [3.8, 4) is 5.75 Å². The molecule has 1 unspecified atom stereocenters. The Morgan fingerprint density at radius 1 is 1.50 bits per heavy atom. The predicted molar refractivity (Wildman–Crippen MR) is 56.8 cm³/mol. The first-order chi connectivity index (χ1) is 6.69. The molecule has 0 N–H and O–H groups in total. The molecule has 0 fully saturated rings. The molecule has 0 amide bonds. The largest absolute Gasteiger partial charge is 0.496 e. The Hall–Kier alpha value is -1.31. The lowest BCUT2D eigenvalue weighted by Gasteiger charge is -2.13. The van der Waals surface area contributed by atoms with E-state index in [1.54, 1.807) is 7.11 Å². The topological polar surface area (TPSA) is 26.3 Å². The van der Waals surface area contributed by atoms with Gasteiger partial charge in [0.1, 0.15) is 12.0 Å². The zero-order valence-corrected chi connectivity index (χ0v) is 8.91. The molecule has 0 saturated carbocycles. The number of rotatable bonds is 4. The number of methoxy groups -OCH3 is 1. The van der Waals surface area contributed by atoms with Gasteiger partial charge in [-0.1, -0.05) is 19.1 Å². The zero-order valence-electron chi connectivity index (χ0n) is 8.91. The Morgan fingerprint density at radius 2 is 2.21 bits per heavy atom. The molecule has 0 aliphatic carbocycles. The summed E-state index contributed by atoms with van der Waals surface area (Å²) in [6.45, 7) is 4.05. The van der Waals surface area contributed by atoms with Gasteiger partial charge in [-0.05, 0) is 30.0 Å². The third kappa shape index (κ3) is 2.34. The highest BCUT2D eigenvalue weighted by atomic mass is 16.5. The highest BCUT2D eigenvalue weighted by Gasteiger charge is 2.10. The summed E-state index contributed by atoms with van der Waals surface area (Å²) in [5.74, 6) is 1.10. The molecule has 0 aliphatic rings. The average molecular weight is 192 g/mol. The highest BCUT2D eigenvalue weighted by molar-refractivity contribution is 5.53. The Balaban J connectivity index is 3.00. The van der Waals surface area contributed by atoms with Crippen molar-refractivity contribution >= 4 is 6.29 Å². The molecule has 76 valence electrons. The minimum Gasteiger partial charge on any atom is -0.496 e. The minimum atomic E-state index is 0.225. The van der Waals surface area contributed by atoms with Crippen molar-refractivity contribution < 1.29 is 9.53 Å². The number of aldehydes is 1. The van der Waals surface area contributed by atoms with Crippen molar-refractivity contribution in [1.82, 2.24) is 0 Å². The van der Waals surface area contributed by atoms with E-state index in [1.807, 2.05) is 32.0 Å². The fourth-order valence-electron chi connectivity index (χ4n) is 1.50. The van der Waals surface area contributed by atoms with Crippen molar-refractivity contribution in [2.24, 2.45) is 0 Å². The van der Waals surface area contributed by atoms with Gasteiger partial charge in [-0.25, -0.2) is 0 Å². The molecular formula is C12H16O2. The van der Waals surface area contributed by atoms with Gasteiger partial charge >= 0.3 is 0 Å². The second-order valence-electron chi connectivity index (χ2n) is 3.55. The molecule has 0 bridgehead atoms. The number of hydrogen-bond acceptors (Lipinski definition) is 2. The number of ether oxygens (including phenoxy) is 1. The van der Waals surface area contributed by atoms with Crippen LogP contribution in [0.4, 0.5) is 0 Å². The summed E-state index contributed by atoms with van der Waals surface area (Å²) in [7, 11) is 1.66. The number of carbonyl (C=O) groups is 1. The van der Waals surface area contributed by atoms with E-state index in [0.717, 1.165) is 17.6 Å². The lowest BCUT2D eigenvalue weighted by Crippen LogP contribution is -1.98. The van der Waals surface area contributed by atoms with Crippen LogP contribution in [0, 0.1) is 6.92 Å². The van der Waals surface area contributed by atoms with Gasteiger partial charge in [0, 0.05) is 6.42 Å². The monoisotopic (exact) mass is 192 g/mol. The Morgan fingerprint density at radius 3 is 2.79 bits per heavy atom. The number of carbonyl (C=O) groups excluding carboxylic acids is 1. The average Bonchev–Trinajstić information content (AvgIpc) is 2.17. The van der Waals surface area contributed by atoms with Crippen LogP contribution in [-0.4, -0.2) is 13.4 Å². The van der Waals surface area contributed by atoms with Crippen molar-refractivity contribution in [3.63, 3.8) is 0 Å². The number of hydrogen-bond donors (Lipinski definition) is 0. The van der Waals surface area contributed by atoms with Crippen LogP contribution in [0.25, 0.3) is 0 Å². The van der Waals surface area contributed by atoms with Gasteiger partial charge in [-0.15, -0.1) is 0 Å². The molecule has 0 spiro atoms. The maximum Gasteiger partial charge on any atom is 0.122 e. The van der Waals surface area contributed by atoms with E-state index in [4.69, 9.17) is 4.74 Å². The quantitative estimate of drug-likeness (QED) is 0.685. The third-order valence-corrected chi connectivity index (χ3v) is 2.37. The van der Waals surface area contributed by atoms with Crippen LogP contribution in [0.15, 0.2) is 18.2 Å². The number of aryl methyl sites for hydroxylation is 1. The minimum absolute atomic E-state index is 0.225. The van der Waals surface area contributed by atoms with Gasteiger partial charge in [0.25, 0.3) is 0 Å². The zero-order chi connectivity index (χ0) is 10.6. The molecule has 0 radical (unpaired) electrons. The van der Waals surface area contributed by atoms with Crippen LogP contribution in [-0.2, 0) is 4.79 Å². The van der Waals surface area contributed by atoms with Gasteiger partial charge in [0.15, 0.2) is 0 Å². The summed E-state index contributed by atoms with van der Waals surface area (Å²) in [4.78, 5) is 10.4. The lowest BCUT2D eigenvalue weighted by molar-refractivity contribution is -0.108. The third-order valence-electron chi connectivity index (χ3n) is 2.37. The van der Waals surface area contributed by atoms with Gasteiger partial charge in [0.2, 0.25) is 0 Å². The van der Waals surface area contributed by atoms with Gasteiger partial charge < -0.3 is 9.53 Å². The maximum absolute atomic E-state index is 10.4. The Labute approximate surface area is 84.9 Å². The molecule has 1 aromatic carbocycles. The normalized spacial score (nSPS) is 12.2. The molecular weight excluding hydrogens is 176 g/mol. The molecule has 2 nitrogen and oxygen atoms in total. The molecule has 2 heteroatoms. The second-order valence-corrected chi connectivity index (χ2v) is 3.55. The summed E-state index contributed by atoms with van der Waals surface area (Å²) in [5.41, 5.74) is 2.27. The molecule has 1 atom stereocenters. The maximum atomic E-state index is 10.4. The molecule has 14 heavy (non-hydrogen) atoms. The van der Waals surface area contributed by atoms with Crippen LogP contribution < -0.4 is 4.74 Å². The first-order valence-electron chi connectivity index (χ1n) is 4.77. The van der Waals surface area contributed by atoms with E-state index in [9.17, 15) is 4.79 Å². The highest BCUT2D eigenvalue weighted by Crippen LogP contribution is 2.28. The van der Waals surface area contributed by atoms with Crippen molar-refractivity contribution in [2.45, 2.75) is 26.2 Å². The van der Waals surface area contributed by atoms with E-state index in [1.165, 1.54) is 5.56 Å². The molecule has 0 saturated heterocycles. The van der Waals surface area contributed by atoms with Crippen molar-refractivity contribution in [3.05, 3.63) is 29.3 Å². The van der Waals surface area contributed by atoms with Crippen LogP contribution in [0.5, 0.6) is 5.75 Å². The van der Waals surface area contributed by atoms with E-state index in [2.05, 4.69) is 0 Å². The van der Waals surface area contributed by atoms with E-state index >= 15 is 0 Å². The van der Waals surface area contributed by atoms with Crippen molar-refractivity contribution in [1.29, 1.82) is 0 Å². The summed E-state index contributed by atoms with van der Waals surface area (Å²) in [5, 5.41) is 0. The standard InChI is InChI=1S/C12H16O2/c1-9-4-5-11(10(2)6-7-13)12(8-9)14-3/h4-5,7-8,10H,6H2,1-3H3. The molecule has 1 rings (SSSR count). The fourth-order valence-corrected chi connectivity index (χ4v) is 1.50. The Bertz CT molecular complexity index is 318. The summed E-state index contributed by atoms with van der Waals surface area (Å²) < 4.78 is 5.28. The lowest BCUT2D eigenvalue weighted by atomic mass is 9.96.